The maximum atomic E-state index is 13.6. The summed E-state index contributed by atoms with van der Waals surface area (Å²) in [4.78, 5) is 23.4. The van der Waals surface area contributed by atoms with E-state index in [0.717, 1.165) is 10.8 Å². The third kappa shape index (κ3) is 1.90. The number of nitrogens with two attached hydrogens (primary N) is 1. The van der Waals surface area contributed by atoms with E-state index in [4.69, 9.17) is 10.6 Å². The number of pyridine rings is 1. The van der Waals surface area contributed by atoms with Gasteiger partial charge in [0, 0.05) is 18.0 Å². The van der Waals surface area contributed by atoms with Crippen LogP contribution in [-0.4, -0.2) is 14.7 Å². The summed E-state index contributed by atoms with van der Waals surface area (Å²) in [5.41, 5.74) is 5.96. The summed E-state index contributed by atoms with van der Waals surface area (Å²) in [6.07, 6.45) is 1.53. The molecule has 3 rings (SSSR count). The number of fused-ring (bicyclic) bond motifs is 1. The molecule has 0 aliphatic rings. The number of benzene rings is 1. The molecule has 0 radical (unpaired) electrons. The van der Waals surface area contributed by atoms with Gasteiger partial charge in [-0.3, -0.25) is 4.98 Å². The van der Waals surface area contributed by atoms with Gasteiger partial charge in [-0.05, 0) is 24.3 Å². The van der Waals surface area contributed by atoms with Gasteiger partial charge in [0.25, 0.3) is 0 Å². The Balaban J connectivity index is 2.10. The molecule has 2 heterocycles. The first-order valence-corrected chi connectivity index (χ1v) is 5.44. The largest absolute Gasteiger partial charge is 0.399 e. The van der Waals surface area contributed by atoms with Crippen molar-refractivity contribution < 1.29 is 9.23 Å². The molecular weight excluding hydrogens is 251 g/mol. The molecule has 0 unspecified atom stereocenters. The van der Waals surface area contributed by atoms with E-state index in [0.29, 0.717) is 11.2 Å². The Morgan fingerprint density at radius 1 is 1.37 bits per heavy atom. The molecule has 7 heteroatoms. The van der Waals surface area contributed by atoms with Crippen LogP contribution in [0, 0.1) is 5.82 Å². The van der Waals surface area contributed by atoms with Crippen molar-refractivity contribution in [3.8, 4) is 5.75 Å². The van der Waals surface area contributed by atoms with Gasteiger partial charge in [-0.25, -0.2) is 14.2 Å². The maximum absolute atomic E-state index is 13.6. The Bertz CT molecular complexity index is 809. The molecular formula is C12H9FN4O2. The molecule has 6 nitrogen and oxygen atoms in total. The van der Waals surface area contributed by atoms with Crippen molar-refractivity contribution >= 4 is 16.9 Å². The third-order valence-corrected chi connectivity index (χ3v) is 2.56. The standard InChI is InChI=1S/C12H9FN4O2/c13-8-6-7(14)3-4-10(8)19-17-9-2-1-5-15-11(9)16-12(17)18/h1-6H,14H2,(H,15,16,18). The number of nitrogen functional groups attached to an aromatic ring is 1. The summed E-state index contributed by atoms with van der Waals surface area (Å²) in [6.45, 7) is 0. The number of rotatable bonds is 2. The Kier molecular flexibility index (Phi) is 2.45. The van der Waals surface area contributed by atoms with Crippen molar-refractivity contribution in [3.63, 3.8) is 0 Å². The summed E-state index contributed by atoms with van der Waals surface area (Å²) in [5.74, 6) is -0.744. The number of hydrogen-bond acceptors (Lipinski definition) is 4. The van der Waals surface area contributed by atoms with Crippen molar-refractivity contribution in [2.75, 3.05) is 5.73 Å². The second-order valence-corrected chi connectivity index (χ2v) is 3.88. The summed E-state index contributed by atoms with van der Waals surface area (Å²) >= 11 is 0. The molecule has 19 heavy (non-hydrogen) atoms. The van der Waals surface area contributed by atoms with Crippen LogP contribution in [0.3, 0.4) is 0 Å². The minimum atomic E-state index is -0.648. The van der Waals surface area contributed by atoms with E-state index in [-0.39, 0.29) is 11.4 Å². The van der Waals surface area contributed by atoms with Crippen LogP contribution in [0.4, 0.5) is 10.1 Å². The van der Waals surface area contributed by atoms with Gasteiger partial charge in [0.05, 0.1) is 0 Å². The molecule has 0 spiro atoms. The lowest BCUT2D eigenvalue weighted by Crippen LogP contribution is -2.21. The Labute approximate surface area is 106 Å². The van der Waals surface area contributed by atoms with Gasteiger partial charge in [0.2, 0.25) is 0 Å². The van der Waals surface area contributed by atoms with E-state index < -0.39 is 11.5 Å². The lowest BCUT2D eigenvalue weighted by molar-refractivity contribution is 0.207. The first kappa shape index (κ1) is 11.3. The van der Waals surface area contributed by atoms with Crippen molar-refractivity contribution in [3.05, 3.63) is 52.8 Å². The summed E-state index contributed by atoms with van der Waals surface area (Å²) in [5, 5.41) is 0. The second-order valence-electron chi connectivity index (χ2n) is 3.88. The highest BCUT2D eigenvalue weighted by molar-refractivity contribution is 5.69. The number of nitrogens with zero attached hydrogens (tertiary/aromatic N) is 2. The normalized spacial score (nSPS) is 10.8. The molecule has 0 bridgehead atoms. The number of H-pyrrole nitrogens is 1. The Morgan fingerprint density at radius 2 is 2.21 bits per heavy atom. The van der Waals surface area contributed by atoms with Gasteiger partial charge in [0.15, 0.2) is 17.2 Å². The Morgan fingerprint density at radius 3 is 3.00 bits per heavy atom. The number of aromatic nitrogens is 3. The molecule has 2 aromatic heterocycles. The average molecular weight is 260 g/mol. The van der Waals surface area contributed by atoms with E-state index in [1.54, 1.807) is 12.1 Å². The van der Waals surface area contributed by atoms with Gasteiger partial charge >= 0.3 is 5.69 Å². The van der Waals surface area contributed by atoms with Gasteiger partial charge in [-0.2, -0.15) is 0 Å². The van der Waals surface area contributed by atoms with Crippen LogP contribution in [0.25, 0.3) is 11.2 Å². The molecule has 0 aliphatic carbocycles. The molecule has 1 aromatic carbocycles. The molecule has 0 atom stereocenters. The SMILES string of the molecule is Nc1ccc(On2c(=O)[nH]c3ncccc32)c(F)c1. The van der Waals surface area contributed by atoms with E-state index in [9.17, 15) is 9.18 Å². The van der Waals surface area contributed by atoms with Crippen molar-refractivity contribution in [2.45, 2.75) is 0 Å². The fourth-order valence-corrected chi connectivity index (χ4v) is 1.70. The van der Waals surface area contributed by atoms with E-state index in [2.05, 4.69) is 9.97 Å². The smallest absolute Gasteiger partial charge is 0.361 e. The van der Waals surface area contributed by atoms with Crippen molar-refractivity contribution in [1.29, 1.82) is 0 Å². The van der Waals surface area contributed by atoms with Crippen molar-refractivity contribution in [1.82, 2.24) is 14.7 Å². The van der Waals surface area contributed by atoms with Crippen molar-refractivity contribution in [2.24, 2.45) is 0 Å². The van der Waals surface area contributed by atoms with Gasteiger partial charge < -0.3 is 10.6 Å². The minimum absolute atomic E-state index is 0.0962. The molecule has 0 amide bonds. The lowest BCUT2D eigenvalue weighted by Gasteiger charge is -2.06. The molecule has 0 saturated carbocycles. The van der Waals surface area contributed by atoms with Crippen LogP contribution in [0.1, 0.15) is 0 Å². The van der Waals surface area contributed by atoms with Crippen LogP contribution in [0.5, 0.6) is 5.75 Å². The fraction of sp³-hybridized carbons (Fsp3) is 0. The topological polar surface area (TPSA) is 85.9 Å². The fourth-order valence-electron chi connectivity index (χ4n) is 1.70. The number of aromatic amines is 1. The number of anilines is 1. The number of halogens is 1. The van der Waals surface area contributed by atoms with Crippen LogP contribution in [0.15, 0.2) is 41.3 Å². The molecule has 96 valence electrons. The van der Waals surface area contributed by atoms with Gasteiger partial charge in [0.1, 0.15) is 5.52 Å². The molecule has 0 saturated heterocycles. The zero-order chi connectivity index (χ0) is 13.4. The van der Waals surface area contributed by atoms with E-state index in [1.165, 1.54) is 18.3 Å². The van der Waals surface area contributed by atoms with Crippen LogP contribution in [0.2, 0.25) is 0 Å². The quantitative estimate of drug-likeness (QED) is 0.680. The monoisotopic (exact) mass is 260 g/mol. The number of imidazole rings is 1. The van der Waals surface area contributed by atoms with E-state index in [1.807, 2.05) is 0 Å². The predicted molar refractivity (Wildman–Crippen MR) is 67.2 cm³/mol. The van der Waals surface area contributed by atoms with Gasteiger partial charge in [-0.1, -0.05) is 0 Å². The summed E-state index contributed by atoms with van der Waals surface area (Å²) in [6, 6.07) is 7.24. The van der Waals surface area contributed by atoms with Crippen LogP contribution < -0.4 is 16.3 Å². The molecule has 0 aliphatic heterocycles. The Hall–Kier alpha value is -2.83. The van der Waals surface area contributed by atoms with Crippen LogP contribution >= 0.6 is 0 Å². The summed E-state index contributed by atoms with van der Waals surface area (Å²) < 4.78 is 14.6. The lowest BCUT2D eigenvalue weighted by atomic mass is 10.3. The number of hydrogen-bond donors (Lipinski definition) is 2. The third-order valence-electron chi connectivity index (χ3n) is 2.56. The molecule has 3 aromatic rings. The first-order chi connectivity index (χ1) is 9.15. The molecule has 3 N–H and O–H groups in total. The molecule has 0 fully saturated rings. The highest BCUT2D eigenvalue weighted by Gasteiger charge is 2.11. The second kappa shape index (κ2) is 4.13. The highest BCUT2D eigenvalue weighted by Crippen LogP contribution is 2.20. The van der Waals surface area contributed by atoms with E-state index >= 15 is 0 Å². The zero-order valence-electron chi connectivity index (χ0n) is 9.63. The van der Waals surface area contributed by atoms with Crippen LogP contribution in [-0.2, 0) is 0 Å². The predicted octanol–water partition coefficient (Wildman–Crippen LogP) is 1.29. The number of nitrogens with one attached hydrogen (secondary N) is 1. The minimum Gasteiger partial charge on any atom is -0.399 e. The first-order valence-electron chi connectivity index (χ1n) is 5.44. The van der Waals surface area contributed by atoms with Gasteiger partial charge in [-0.15, -0.1) is 4.73 Å². The zero-order valence-corrected chi connectivity index (χ0v) is 9.63. The maximum Gasteiger partial charge on any atom is 0.361 e. The summed E-state index contributed by atoms with van der Waals surface area (Å²) in [7, 11) is 0. The average Bonchev–Trinajstić information content (AvgIpc) is 2.69. The highest BCUT2D eigenvalue weighted by atomic mass is 19.1.